The van der Waals surface area contributed by atoms with Crippen LogP contribution in [-0.4, -0.2) is 13.7 Å². The van der Waals surface area contributed by atoms with E-state index in [1.54, 1.807) is 12.1 Å². The molecule has 0 bridgehead atoms. The Labute approximate surface area is 139 Å². The van der Waals surface area contributed by atoms with Crippen molar-refractivity contribution in [2.75, 3.05) is 10.1 Å². The van der Waals surface area contributed by atoms with Crippen molar-refractivity contribution in [2.24, 2.45) is 0 Å². The smallest absolute Gasteiger partial charge is 0.264 e. The zero-order valence-corrected chi connectivity index (χ0v) is 14.8. The third-order valence-electron chi connectivity index (χ3n) is 2.77. The van der Waals surface area contributed by atoms with E-state index in [0.717, 1.165) is 23.4 Å². The van der Waals surface area contributed by atoms with Crippen LogP contribution in [0.4, 0.5) is 10.1 Å². The molecular weight excluding hydrogens is 425 g/mol. The van der Waals surface area contributed by atoms with Crippen molar-refractivity contribution in [3.8, 4) is 0 Å². The molecule has 2 aromatic carbocycles. The first-order valence-corrected chi connectivity index (χ1v) is 9.45. The van der Waals surface area contributed by atoms with E-state index in [0.29, 0.717) is 10.2 Å². The maximum Gasteiger partial charge on any atom is 0.264 e. The molecule has 0 saturated carbocycles. The zero-order chi connectivity index (χ0) is 15.5. The molecule has 0 heterocycles. The summed E-state index contributed by atoms with van der Waals surface area (Å²) in [6, 6.07) is 10.8. The minimum Gasteiger partial charge on any atom is -0.280 e. The highest BCUT2D eigenvalue weighted by atomic mass is 79.9. The molecule has 1 N–H and O–H groups in total. The van der Waals surface area contributed by atoms with Gasteiger partial charge >= 0.3 is 0 Å². The van der Waals surface area contributed by atoms with Crippen molar-refractivity contribution in [3.63, 3.8) is 0 Å². The van der Waals surface area contributed by atoms with Gasteiger partial charge in [-0.3, -0.25) is 4.72 Å². The lowest BCUT2D eigenvalue weighted by Crippen LogP contribution is -2.14. The second kappa shape index (κ2) is 6.89. The summed E-state index contributed by atoms with van der Waals surface area (Å²) < 4.78 is 41.0. The van der Waals surface area contributed by atoms with Gasteiger partial charge < -0.3 is 0 Å². The van der Waals surface area contributed by atoms with E-state index in [1.807, 2.05) is 12.1 Å². The zero-order valence-electron chi connectivity index (χ0n) is 10.8. The van der Waals surface area contributed by atoms with Gasteiger partial charge in [0.25, 0.3) is 10.0 Å². The predicted octanol–water partition coefficient (Wildman–Crippen LogP) is 4.33. The van der Waals surface area contributed by atoms with E-state index in [-0.39, 0.29) is 4.90 Å². The normalized spacial score (nSPS) is 11.4. The number of benzene rings is 2. The maximum absolute atomic E-state index is 13.8. The number of anilines is 1. The minimum absolute atomic E-state index is 0.379. The molecular formula is C14H12Br2FNO2S. The molecule has 0 aliphatic carbocycles. The Kier molecular flexibility index (Phi) is 5.40. The summed E-state index contributed by atoms with van der Waals surface area (Å²) in [5.74, 6) is -0.798. The number of halogens is 3. The fourth-order valence-corrected chi connectivity index (χ4v) is 3.66. The fraction of sp³-hybridized carbons (Fsp3) is 0.143. The van der Waals surface area contributed by atoms with E-state index in [1.165, 1.54) is 12.1 Å². The number of aryl methyl sites for hydroxylation is 1. The first-order chi connectivity index (χ1) is 9.92. The summed E-state index contributed by atoms with van der Waals surface area (Å²) in [6.07, 6.45) is 0.856. The van der Waals surface area contributed by atoms with Gasteiger partial charge in [0.2, 0.25) is 0 Å². The van der Waals surface area contributed by atoms with Crippen LogP contribution in [0.3, 0.4) is 0 Å². The van der Waals surface area contributed by atoms with E-state index in [2.05, 4.69) is 36.6 Å². The summed E-state index contributed by atoms with van der Waals surface area (Å²) in [6.45, 7) is 0. The average Bonchev–Trinajstić information content (AvgIpc) is 2.40. The monoisotopic (exact) mass is 435 g/mol. The molecule has 0 fully saturated rings. The van der Waals surface area contributed by atoms with Crippen molar-refractivity contribution in [3.05, 3.63) is 58.3 Å². The van der Waals surface area contributed by atoms with Crippen LogP contribution in [0.5, 0.6) is 0 Å². The van der Waals surface area contributed by atoms with Crippen LogP contribution in [0.2, 0.25) is 0 Å². The summed E-state index contributed by atoms with van der Waals surface area (Å²) >= 11 is 6.43. The van der Waals surface area contributed by atoms with Crippen LogP contribution in [0.1, 0.15) is 5.56 Å². The molecule has 0 amide bonds. The third-order valence-corrected chi connectivity index (χ3v) is 5.08. The molecule has 0 spiro atoms. The molecule has 2 rings (SSSR count). The number of alkyl halides is 1. The number of hydrogen-bond acceptors (Lipinski definition) is 2. The molecule has 3 nitrogen and oxygen atoms in total. The molecule has 0 atom stereocenters. The van der Waals surface area contributed by atoms with Gasteiger partial charge in [0.1, 0.15) is 10.7 Å². The van der Waals surface area contributed by atoms with Gasteiger partial charge in [0, 0.05) is 15.5 Å². The molecule has 0 unspecified atom stereocenters. The maximum atomic E-state index is 13.8. The van der Waals surface area contributed by atoms with Crippen molar-refractivity contribution < 1.29 is 12.8 Å². The molecule has 21 heavy (non-hydrogen) atoms. The van der Waals surface area contributed by atoms with Gasteiger partial charge in [0.15, 0.2) is 0 Å². The molecule has 7 heteroatoms. The standard InChI is InChI=1S/C14H12Br2FNO2S/c15-8-7-10-1-4-12(5-2-10)18-21(19,20)14-6-3-11(16)9-13(14)17/h1-6,9,18H,7-8H2. The Morgan fingerprint density at radius 3 is 2.33 bits per heavy atom. The SMILES string of the molecule is O=S(=O)(Nc1ccc(CCBr)cc1)c1ccc(Br)cc1F. The van der Waals surface area contributed by atoms with E-state index >= 15 is 0 Å². The quantitative estimate of drug-likeness (QED) is 0.709. The van der Waals surface area contributed by atoms with Crippen molar-refractivity contribution in [1.29, 1.82) is 0 Å². The van der Waals surface area contributed by atoms with Gasteiger partial charge in [0.05, 0.1) is 0 Å². The van der Waals surface area contributed by atoms with Gasteiger partial charge in [-0.1, -0.05) is 44.0 Å². The van der Waals surface area contributed by atoms with Gasteiger partial charge in [-0.15, -0.1) is 0 Å². The van der Waals surface area contributed by atoms with Gasteiger partial charge in [-0.25, -0.2) is 12.8 Å². The average molecular weight is 437 g/mol. The first-order valence-electron chi connectivity index (χ1n) is 6.05. The van der Waals surface area contributed by atoms with Gasteiger partial charge in [-0.05, 0) is 42.3 Å². The van der Waals surface area contributed by atoms with Crippen LogP contribution < -0.4 is 4.72 Å². The lowest BCUT2D eigenvalue weighted by atomic mass is 10.2. The predicted molar refractivity (Wildman–Crippen MR) is 88.8 cm³/mol. The second-order valence-electron chi connectivity index (χ2n) is 4.32. The van der Waals surface area contributed by atoms with Crippen LogP contribution in [-0.2, 0) is 16.4 Å². The molecule has 0 saturated heterocycles. The largest absolute Gasteiger partial charge is 0.280 e. The number of nitrogens with one attached hydrogen (secondary N) is 1. The number of sulfonamides is 1. The highest BCUT2D eigenvalue weighted by Gasteiger charge is 2.19. The van der Waals surface area contributed by atoms with Crippen LogP contribution >= 0.6 is 31.9 Å². The number of rotatable bonds is 5. The summed E-state index contributed by atoms with van der Waals surface area (Å²) in [7, 11) is -3.94. The highest BCUT2D eigenvalue weighted by molar-refractivity contribution is 9.10. The fourth-order valence-electron chi connectivity index (χ4n) is 1.75. The molecule has 0 aliphatic heterocycles. The van der Waals surface area contributed by atoms with Crippen molar-refractivity contribution in [1.82, 2.24) is 0 Å². The Hall–Kier alpha value is -0.920. The minimum atomic E-state index is -3.94. The Balaban J connectivity index is 2.24. The van der Waals surface area contributed by atoms with Crippen molar-refractivity contribution in [2.45, 2.75) is 11.3 Å². The molecule has 0 radical (unpaired) electrons. The van der Waals surface area contributed by atoms with E-state index in [9.17, 15) is 12.8 Å². The summed E-state index contributed by atoms with van der Waals surface area (Å²) in [5, 5.41) is 0.835. The first kappa shape index (κ1) is 16.5. The van der Waals surface area contributed by atoms with Crippen LogP contribution in [0.15, 0.2) is 51.8 Å². The van der Waals surface area contributed by atoms with E-state index < -0.39 is 15.8 Å². The Bertz CT molecular complexity index is 733. The third kappa shape index (κ3) is 4.28. The molecule has 2 aromatic rings. The molecule has 112 valence electrons. The summed E-state index contributed by atoms with van der Waals surface area (Å²) in [5.41, 5.74) is 1.49. The Morgan fingerprint density at radius 2 is 1.76 bits per heavy atom. The van der Waals surface area contributed by atoms with E-state index in [4.69, 9.17) is 0 Å². The lowest BCUT2D eigenvalue weighted by Gasteiger charge is -2.09. The molecule has 0 aliphatic rings. The highest BCUT2D eigenvalue weighted by Crippen LogP contribution is 2.22. The topological polar surface area (TPSA) is 46.2 Å². The van der Waals surface area contributed by atoms with Crippen molar-refractivity contribution >= 4 is 47.6 Å². The summed E-state index contributed by atoms with van der Waals surface area (Å²) in [4.78, 5) is -0.379. The van der Waals surface area contributed by atoms with Crippen LogP contribution in [0, 0.1) is 5.82 Å². The number of hydrogen-bond donors (Lipinski definition) is 1. The lowest BCUT2D eigenvalue weighted by molar-refractivity contribution is 0.570. The van der Waals surface area contributed by atoms with Crippen LogP contribution in [0.25, 0.3) is 0 Å². The van der Waals surface area contributed by atoms with Gasteiger partial charge in [-0.2, -0.15) is 0 Å². The Morgan fingerprint density at radius 1 is 1.10 bits per heavy atom. The molecule has 0 aromatic heterocycles. The second-order valence-corrected chi connectivity index (χ2v) is 7.68.